The molecule has 0 saturated carbocycles. The van der Waals surface area contributed by atoms with E-state index < -0.39 is 11.8 Å². The minimum Gasteiger partial charge on any atom is -0.318 e. The number of carbonyl (C=O) groups is 2. The van der Waals surface area contributed by atoms with Gasteiger partial charge in [0.1, 0.15) is 5.57 Å². The zero-order valence-corrected chi connectivity index (χ0v) is 19.7. The van der Waals surface area contributed by atoms with E-state index in [0.717, 1.165) is 32.7 Å². The number of nitrogens with one attached hydrogen (secondary N) is 1. The Balaban J connectivity index is 1.76. The van der Waals surface area contributed by atoms with E-state index in [1.807, 2.05) is 69.3 Å². The summed E-state index contributed by atoms with van der Waals surface area (Å²) in [6, 6.07) is 17.4. The second-order valence-corrected chi connectivity index (χ2v) is 8.74. The number of rotatable bonds is 3. The first-order valence-electron chi connectivity index (χ1n) is 9.69. The fourth-order valence-electron chi connectivity index (χ4n) is 3.74. The molecule has 31 heavy (non-hydrogen) atoms. The lowest BCUT2D eigenvalue weighted by Crippen LogP contribution is -2.54. The van der Waals surface area contributed by atoms with Crippen LogP contribution in [0.1, 0.15) is 22.5 Å². The van der Waals surface area contributed by atoms with Gasteiger partial charge in [0, 0.05) is 21.5 Å². The van der Waals surface area contributed by atoms with Gasteiger partial charge in [-0.25, -0.2) is 0 Å². The van der Waals surface area contributed by atoms with Crippen LogP contribution in [0.2, 0.25) is 0 Å². The second-order valence-electron chi connectivity index (χ2n) is 7.44. The van der Waals surface area contributed by atoms with Crippen molar-refractivity contribution in [2.24, 2.45) is 0 Å². The zero-order valence-electron chi connectivity index (χ0n) is 17.3. The van der Waals surface area contributed by atoms with Crippen LogP contribution in [-0.4, -0.2) is 21.5 Å². The minimum absolute atomic E-state index is 0.0474. The number of amides is 2. The Kier molecular flexibility index (Phi) is 5.64. The van der Waals surface area contributed by atoms with E-state index in [4.69, 9.17) is 12.2 Å². The second kappa shape index (κ2) is 8.24. The highest BCUT2D eigenvalue weighted by Crippen LogP contribution is 2.27. The van der Waals surface area contributed by atoms with Crippen molar-refractivity contribution < 1.29 is 9.59 Å². The normalized spacial score (nSPS) is 15.5. The predicted octanol–water partition coefficient (Wildman–Crippen LogP) is 5.00. The largest absolute Gasteiger partial charge is 0.318 e. The number of nitrogens with zero attached hydrogens (tertiary/aromatic N) is 2. The van der Waals surface area contributed by atoms with Gasteiger partial charge in [0.2, 0.25) is 0 Å². The molecule has 3 aromatic rings. The molecule has 1 saturated heterocycles. The number of thiocarbonyl (C=S) groups is 1. The first-order valence-corrected chi connectivity index (χ1v) is 10.9. The first kappa shape index (κ1) is 21.2. The average Bonchev–Trinajstić information content (AvgIpc) is 2.99. The van der Waals surface area contributed by atoms with Gasteiger partial charge >= 0.3 is 0 Å². The molecule has 1 fully saturated rings. The van der Waals surface area contributed by atoms with Crippen molar-refractivity contribution in [3.8, 4) is 5.69 Å². The molecule has 0 bridgehead atoms. The topological polar surface area (TPSA) is 54.3 Å². The van der Waals surface area contributed by atoms with Gasteiger partial charge in [-0.2, -0.15) is 0 Å². The van der Waals surface area contributed by atoms with E-state index >= 15 is 0 Å². The maximum absolute atomic E-state index is 13.3. The molecule has 0 radical (unpaired) electrons. The summed E-state index contributed by atoms with van der Waals surface area (Å²) in [5.41, 5.74) is 5.41. The lowest BCUT2D eigenvalue weighted by Gasteiger charge is -2.29. The Morgan fingerprint density at radius 2 is 1.68 bits per heavy atom. The fraction of sp³-hybridized carbons (Fsp3) is 0.125. The van der Waals surface area contributed by atoms with Crippen molar-refractivity contribution in [2.75, 3.05) is 4.90 Å². The highest BCUT2D eigenvalue weighted by Gasteiger charge is 2.34. The molecule has 0 atom stereocenters. The molecule has 5 nitrogen and oxygen atoms in total. The summed E-state index contributed by atoms with van der Waals surface area (Å²) in [7, 11) is 0. The van der Waals surface area contributed by atoms with Gasteiger partial charge in [-0.1, -0.05) is 28.1 Å². The molecular formula is C24H20BrN3O2S. The quantitative estimate of drug-likeness (QED) is 0.317. The molecule has 2 heterocycles. The van der Waals surface area contributed by atoms with Crippen molar-refractivity contribution in [3.05, 3.63) is 87.2 Å². The van der Waals surface area contributed by atoms with Crippen LogP contribution in [0.5, 0.6) is 0 Å². The molecule has 1 aliphatic rings. The third-order valence-electron chi connectivity index (χ3n) is 5.22. The van der Waals surface area contributed by atoms with Crippen molar-refractivity contribution in [2.45, 2.75) is 20.8 Å². The van der Waals surface area contributed by atoms with Gasteiger partial charge in [0.25, 0.3) is 11.8 Å². The van der Waals surface area contributed by atoms with Crippen LogP contribution in [-0.2, 0) is 9.59 Å². The third-order valence-corrected chi connectivity index (χ3v) is 6.03. The summed E-state index contributed by atoms with van der Waals surface area (Å²) >= 11 is 8.74. The predicted molar refractivity (Wildman–Crippen MR) is 130 cm³/mol. The maximum Gasteiger partial charge on any atom is 0.270 e. The monoisotopic (exact) mass is 493 g/mol. The van der Waals surface area contributed by atoms with Gasteiger partial charge in [-0.15, -0.1) is 0 Å². The average molecular weight is 494 g/mol. The third kappa shape index (κ3) is 3.98. The molecule has 1 N–H and O–H groups in total. The van der Waals surface area contributed by atoms with E-state index in [2.05, 4.69) is 25.8 Å². The highest BCUT2D eigenvalue weighted by atomic mass is 79.9. The molecule has 0 unspecified atom stereocenters. The Morgan fingerprint density at radius 1 is 0.968 bits per heavy atom. The molecule has 2 amide bonds. The van der Waals surface area contributed by atoms with Crippen LogP contribution < -0.4 is 10.2 Å². The lowest BCUT2D eigenvalue weighted by atomic mass is 10.1. The van der Waals surface area contributed by atoms with Crippen molar-refractivity contribution in [3.63, 3.8) is 0 Å². The van der Waals surface area contributed by atoms with E-state index in [-0.39, 0.29) is 10.7 Å². The summed E-state index contributed by atoms with van der Waals surface area (Å²) < 4.78 is 3.09. The van der Waals surface area contributed by atoms with E-state index in [1.165, 1.54) is 4.90 Å². The Bertz CT molecular complexity index is 1260. The van der Waals surface area contributed by atoms with E-state index in [0.29, 0.717) is 5.69 Å². The number of hydrogen-bond donors (Lipinski definition) is 1. The summed E-state index contributed by atoms with van der Waals surface area (Å²) in [4.78, 5) is 27.3. The van der Waals surface area contributed by atoms with E-state index in [9.17, 15) is 9.59 Å². The Labute approximate surface area is 194 Å². The molecule has 1 aromatic heterocycles. The van der Waals surface area contributed by atoms with Gasteiger partial charge in [-0.05, 0) is 92.7 Å². The summed E-state index contributed by atoms with van der Waals surface area (Å²) in [5, 5.41) is 2.73. The number of halogens is 1. The molecule has 4 rings (SSSR count). The molecule has 0 spiro atoms. The van der Waals surface area contributed by atoms with E-state index in [1.54, 1.807) is 12.1 Å². The van der Waals surface area contributed by atoms with Gasteiger partial charge in [0.15, 0.2) is 5.11 Å². The molecule has 2 aromatic carbocycles. The van der Waals surface area contributed by atoms with Crippen LogP contribution in [0.4, 0.5) is 5.69 Å². The summed E-state index contributed by atoms with van der Waals surface area (Å²) in [6.07, 6.45) is 1.64. The fourth-order valence-corrected chi connectivity index (χ4v) is 4.28. The summed E-state index contributed by atoms with van der Waals surface area (Å²) in [6.45, 7) is 5.90. The number of aryl methyl sites for hydroxylation is 2. The van der Waals surface area contributed by atoms with Crippen LogP contribution in [0.15, 0.2) is 64.6 Å². The molecular weight excluding hydrogens is 474 g/mol. The zero-order chi connectivity index (χ0) is 22.3. The molecule has 0 aliphatic carbocycles. The Morgan fingerprint density at radius 3 is 2.35 bits per heavy atom. The smallest absolute Gasteiger partial charge is 0.270 e. The molecule has 1 aliphatic heterocycles. The first-order chi connectivity index (χ1) is 14.8. The maximum atomic E-state index is 13.3. The highest BCUT2D eigenvalue weighted by molar-refractivity contribution is 9.10. The lowest BCUT2D eigenvalue weighted by molar-refractivity contribution is -0.122. The van der Waals surface area contributed by atoms with Crippen LogP contribution in [0.3, 0.4) is 0 Å². The van der Waals surface area contributed by atoms with Crippen molar-refractivity contribution in [1.82, 2.24) is 9.88 Å². The summed E-state index contributed by atoms with van der Waals surface area (Å²) in [5.74, 6) is -0.930. The molecule has 7 heteroatoms. The minimum atomic E-state index is -0.493. The van der Waals surface area contributed by atoms with Crippen LogP contribution in [0, 0.1) is 20.8 Å². The Hall–Kier alpha value is -3.03. The van der Waals surface area contributed by atoms with Crippen LogP contribution >= 0.6 is 28.1 Å². The number of hydrogen-bond acceptors (Lipinski definition) is 3. The van der Waals surface area contributed by atoms with Crippen molar-refractivity contribution >= 4 is 56.8 Å². The van der Waals surface area contributed by atoms with Crippen molar-refractivity contribution in [1.29, 1.82) is 0 Å². The molecule has 156 valence electrons. The standard InChI is InChI=1S/C24H20BrN3O2S/c1-14-5-4-6-20(11-14)28-23(30)21(22(29)26-24(28)31)13-17-12-15(2)27(16(17)3)19-9-7-18(25)8-10-19/h4-13H,1-3H3,(H,26,29,31)/b21-13+. The SMILES string of the molecule is Cc1cccc(N2C(=O)/C(=C/c3cc(C)n(-c4ccc(Br)cc4)c3C)C(=O)NC2=S)c1. The van der Waals surface area contributed by atoms with Gasteiger partial charge in [-0.3, -0.25) is 19.8 Å². The number of anilines is 1. The number of aromatic nitrogens is 1. The van der Waals surface area contributed by atoms with Gasteiger partial charge in [0.05, 0.1) is 5.69 Å². The number of carbonyl (C=O) groups excluding carboxylic acids is 2. The number of benzene rings is 2. The van der Waals surface area contributed by atoms with Gasteiger partial charge < -0.3 is 4.57 Å². The van der Waals surface area contributed by atoms with Crippen LogP contribution in [0.25, 0.3) is 11.8 Å².